The van der Waals surface area contributed by atoms with Gasteiger partial charge >= 0.3 is 251 Å². The van der Waals surface area contributed by atoms with E-state index in [9.17, 15) is 0 Å². The molecule has 0 aliphatic heterocycles. The van der Waals surface area contributed by atoms with Crippen LogP contribution in [0.15, 0.2) is 0 Å². The van der Waals surface area contributed by atoms with Crippen molar-refractivity contribution in [2.75, 3.05) is 0 Å². The van der Waals surface area contributed by atoms with Gasteiger partial charge in [-0.2, -0.15) is 0 Å². The van der Waals surface area contributed by atoms with Crippen molar-refractivity contribution in [3.05, 3.63) is 0 Å². The summed E-state index contributed by atoms with van der Waals surface area (Å²) in [7, 11) is 0. The molecule has 0 saturated carbocycles. The average molecular weight is 844 g/mol. The standard InChI is InChI=1S/2Co.2Li.5Mn.2Ni.20O/q2*+2;2*+1;;;;;;2*+2;;;;;;;;;;;10*-1. The first kappa shape index (κ1) is 70.1. The van der Waals surface area contributed by atoms with Gasteiger partial charge in [-0.25, -0.2) is 0 Å². The third-order valence-corrected chi connectivity index (χ3v) is 0. The zero-order valence-corrected chi connectivity index (χ0v) is 23.3. The van der Waals surface area contributed by atoms with Crippen molar-refractivity contribution in [1.82, 2.24) is 0 Å². The van der Waals surface area contributed by atoms with E-state index in [2.05, 4.69) is 0 Å². The molecular formula is Co2Li2Mn5Ni2O20. The Labute approximate surface area is 248 Å². The van der Waals surface area contributed by atoms with Gasteiger partial charge in [0.15, 0.2) is 0 Å². The molecule has 0 aliphatic carbocycles. The SMILES string of the molecule is [Co+2].[Co+2].[Li+].[Li+].[Ni+2].[Ni+2].[O]=[Mn](=[O])([O-])[O-].[O]=[Mn](=[O])([O-])[O-].[O]=[Mn](=[O])([O-])[O-].[O]=[Mn](=[O])([O-])[O-].[O]=[Mn](=[O])([O-])[O-]. The van der Waals surface area contributed by atoms with Crippen LogP contribution in [0.1, 0.15) is 0 Å². The topological polar surface area (TPSA) is 401 Å². The molecule has 0 aromatic rings. The van der Waals surface area contributed by atoms with Crippen LogP contribution in [0.2, 0.25) is 0 Å². The molecule has 0 heterocycles. The summed E-state index contributed by atoms with van der Waals surface area (Å²) >= 11 is -28.1. The predicted octanol–water partition coefficient (Wildman–Crippen LogP) is -19.1. The second kappa shape index (κ2) is 31.4. The minimum absolute atomic E-state index is 0. The van der Waals surface area contributed by atoms with Crippen molar-refractivity contribution in [3.8, 4) is 0 Å². The third kappa shape index (κ3) is 2860. The van der Waals surface area contributed by atoms with Crippen molar-refractivity contribution in [3.63, 3.8) is 0 Å². The second-order valence-electron chi connectivity index (χ2n) is 1.89. The third-order valence-electron chi connectivity index (χ3n) is 0. The molecule has 0 aromatic heterocycles. The van der Waals surface area contributed by atoms with Gasteiger partial charge in [0.25, 0.3) is 0 Å². The van der Waals surface area contributed by atoms with E-state index in [0.29, 0.717) is 0 Å². The molecule has 0 N–H and O–H groups in total. The Morgan fingerprint density at radius 1 is 0.290 bits per heavy atom. The molecule has 31 heteroatoms. The van der Waals surface area contributed by atoms with Gasteiger partial charge in [0.05, 0.1) is 0 Å². The minimum atomic E-state index is -5.62. The number of rotatable bonds is 0. The van der Waals surface area contributed by atoms with Crippen LogP contribution in [-0.2, 0) is 172 Å². The van der Waals surface area contributed by atoms with Crippen molar-refractivity contribution in [2.45, 2.75) is 0 Å². The Bertz CT molecular complexity index is 640. The van der Waals surface area contributed by atoms with Crippen molar-refractivity contribution in [1.29, 1.82) is 0 Å². The van der Waals surface area contributed by atoms with Gasteiger partial charge in [0.1, 0.15) is 0 Å². The van der Waals surface area contributed by atoms with Crippen LogP contribution >= 0.6 is 0 Å². The maximum atomic E-state index is 8.58. The molecular weight excluding hydrogens is 844 g/mol. The summed E-state index contributed by atoms with van der Waals surface area (Å²) in [5.74, 6) is 0. The summed E-state index contributed by atoms with van der Waals surface area (Å²) in [5, 5.41) is 0. The Morgan fingerprint density at radius 3 is 0.290 bits per heavy atom. The molecule has 2 radical (unpaired) electrons. The Morgan fingerprint density at radius 2 is 0.290 bits per heavy atom. The van der Waals surface area contributed by atoms with Crippen LogP contribution in [0.4, 0.5) is 0 Å². The van der Waals surface area contributed by atoms with Crippen LogP contribution in [0.25, 0.3) is 0 Å². The summed E-state index contributed by atoms with van der Waals surface area (Å²) in [6.07, 6.45) is 0. The van der Waals surface area contributed by atoms with Crippen molar-refractivity contribution >= 4 is 0 Å². The van der Waals surface area contributed by atoms with Crippen LogP contribution in [0.5, 0.6) is 0 Å². The number of hydrogen-bond acceptors (Lipinski definition) is 20. The van der Waals surface area contributed by atoms with Gasteiger partial charge < -0.3 is 0 Å². The molecule has 0 spiro atoms. The molecule has 0 fully saturated rings. The summed E-state index contributed by atoms with van der Waals surface area (Å²) in [6, 6.07) is 0. The van der Waals surface area contributed by atoms with E-state index < -0.39 is 66.8 Å². The fourth-order valence-corrected chi connectivity index (χ4v) is 0. The van der Waals surface area contributed by atoms with Crippen LogP contribution in [0.3, 0.4) is 0 Å². The summed E-state index contributed by atoms with van der Waals surface area (Å²) < 4.78 is 172. The maximum absolute atomic E-state index is 8.58. The number of hydrogen-bond donors (Lipinski definition) is 0. The van der Waals surface area contributed by atoms with Crippen molar-refractivity contribution in [2.24, 2.45) is 0 Å². The summed E-state index contributed by atoms with van der Waals surface area (Å²) in [5.41, 5.74) is 0. The van der Waals surface area contributed by atoms with Gasteiger partial charge in [-0.05, 0) is 0 Å². The van der Waals surface area contributed by atoms with Gasteiger partial charge in [-0.1, -0.05) is 0 Å². The van der Waals surface area contributed by atoms with Crippen LogP contribution in [0, 0.1) is 0 Å². The van der Waals surface area contributed by atoms with Gasteiger partial charge in [0.2, 0.25) is 0 Å². The zero-order chi connectivity index (χ0) is 22.5. The summed E-state index contributed by atoms with van der Waals surface area (Å²) in [4.78, 5) is 0. The molecule has 0 bridgehead atoms. The fourth-order valence-electron chi connectivity index (χ4n) is 0. The second-order valence-corrected chi connectivity index (χ2v) is 7.79. The molecule has 0 aromatic carbocycles. The van der Waals surface area contributed by atoms with Gasteiger partial charge in [0, 0.05) is 0 Å². The van der Waals surface area contributed by atoms with Crippen LogP contribution < -0.4 is 79.6 Å². The summed E-state index contributed by atoms with van der Waals surface area (Å²) in [6.45, 7) is 0. The van der Waals surface area contributed by atoms with E-state index in [1.165, 1.54) is 0 Å². The Balaban J connectivity index is -0.0000000171. The van der Waals surface area contributed by atoms with E-state index in [1.807, 2.05) is 0 Å². The molecule has 20 nitrogen and oxygen atoms in total. The quantitative estimate of drug-likeness (QED) is 0.204. The first-order chi connectivity index (χ1) is 10.0. The van der Waals surface area contributed by atoms with Gasteiger partial charge in [-0.3, -0.25) is 0 Å². The van der Waals surface area contributed by atoms with Crippen LogP contribution in [-0.4, -0.2) is 0 Å². The average Bonchev–Trinajstić information content (AvgIpc) is 1.79. The first-order valence-electron chi connectivity index (χ1n) is 3.09. The molecule has 0 atom stereocenters. The molecule has 0 rings (SSSR count). The fraction of sp³-hybridized carbons (Fsp3) is 0. The first-order valence-corrected chi connectivity index (χ1v) is 12.7. The molecule has 0 amide bonds. The normalized spacial score (nSPS) is 9.35. The monoisotopic (exact) mass is 842 g/mol. The van der Waals surface area contributed by atoms with E-state index in [-0.39, 0.29) is 104 Å². The Hall–Kier alpha value is 3.39. The predicted molar refractivity (Wildman–Crippen MR) is 6.86 cm³/mol. The van der Waals surface area contributed by atoms with E-state index in [4.69, 9.17) is 80.2 Å². The van der Waals surface area contributed by atoms with Gasteiger partial charge in [-0.15, -0.1) is 0 Å². The van der Waals surface area contributed by atoms with Crippen molar-refractivity contribution < 1.29 is 251 Å². The molecule has 31 heavy (non-hydrogen) atoms. The van der Waals surface area contributed by atoms with E-state index >= 15 is 0 Å². The zero-order valence-electron chi connectivity index (χ0n) is 13.4. The molecule has 0 unspecified atom stereocenters. The van der Waals surface area contributed by atoms with E-state index in [1.54, 1.807) is 0 Å². The Kier molecular flexibility index (Phi) is 71.0. The molecule has 195 valence electrons. The van der Waals surface area contributed by atoms with E-state index in [0.717, 1.165) is 0 Å². The molecule has 0 saturated heterocycles. The molecule has 0 aliphatic rings.